The van der Waals surface area contributed by atoms with Crippen molar-refractivity contribution in [3.05, 3.63) is 29.8 Å². The molecule has 1 aliphatic rings. The van der Waals surface area contributed by atoms with E-state index in [1.54, 1.807) is 12.1 Å². The number of carboxylic acids is 1. The summed E-state index contributed by atoms with van der Waals surface area (Å²) in [7, 11) is 0. The number of nitrogens with one attached hydrogen (secondary N) is 3. The molecule has 1 aromatic rings. The molecule has 2 rings (SSSR count). The number of hydrogen-bond acceptors (Lipinski definition) is 5. The molecule has 28 heavy (non-hydrogen) atoms. The van der Waals surface area contributed by atoms with E-state index in [9.17, 15) is 24.6 Å². The van der Waals surface area contributed by atoms with Gasteiger partial charge in [-0.15, -0.1) is 0 Å². The number of aliphatic carboxylic acids is 1. The van der Waals surface area contributed by atoms with E-state index in [1.165, 1.54) is 12.1 Å². The molecule has 0 saturated carbocycles. The first-order valence-electron chi connectivity index (χ1n) is 9.61. The van der Waals surface area contributed by atoms with Gasteiger partial charge in [-0.3, -0.25) is 9.59 Å². The Bertz CT molecular complexity index is 684. The van der Waals surface area contributed by atoms with Gasteiger partial charge in [-0.05, 0) is 49.4 Å². The number of rotatable bonds is 9. The minimum absolute atomic E-state index is 0.0773. The molecular weight excluding hydrogens is 362 g/mol. The summed E-state index contributed by atoms with van der Waals surface area (Å²) in [5.74, 6) is -1.67. The van der Waals surface area contributed by atoms with E-state index in [1.807, 2.05) is 13.8 Å². The molecule has 1 fully saturated rings. The number of amides is 2. The van der Waals surface area contributed by atoms with Crippen molar-refractivity contribution < 1.29 is 24.6 Å². The normalized spacial score (nSPS) is 18.5. The number of benzene rings is 1. The third-order valence-corrected chi connectivity index (χ3v) is 4.71. The molecule has 1 aliphatic heterocycles. The Kier molecular flexibility index (Phi) is 7.80. The van der Waals surface area contributed by atoms with Crippen molar-refractivity contribution in [3.63, 3.8) is 0 Å². The summed E-state index contributed by atoms with van der Waals surface area (Å²) >= 11 is 0. The standard InChI is InChI=1S/C20H29N3O5/c1-12(2)10-16(22-18(25)15-4-3-9-21-15)19(26)23-17(20(27)28)11-13-5-7-14(24)8-6-13/h5-8,12,15-17,21,24H,3-4,9-11H2,1-2H3,(H,22,25)(H,23,26)(H,27,28)/t15-,16-,17-/m0/s1. The van der Waals surface area contributed by atoms with Gasteiger partial charge in [-0.2, -0.15) is 0 Å². The number of carboxylic acid groups (broad SMARTS) is 1. The summed E-state index contributed by atoms with van der Waals surface area (Å²) in [5.41, 5.74) is 0.671. The Morgan fingerprint density at radius 1 is 1.14 bits per heavy atom. The van der Waals surface area contributed by atoms with E-state index in [0.29, 0.717) is 12.0 Å². The summed E-state index contributed by atoms with van der Waals surface area (Å²) in [6.07, 6.45) is 2.12. The monoisotopic (exact) mass is 391 g/mol. The molecule has 3 atom stereocenters. The largest absolute Gasteiger partial charge is 0.508 e. The Balaban J connectivity index is 2.04. The van der Waals surface area contributed by atoms with Crippen LogP contribution in [0.25, 0.3) is 0 Å². The molecule has 0 aromatic heterocycles. The Morgan fingerprint density at radius 3 is 2.36 bits per heavy atom. The zero-order valence-electron chi connectivity index (χ0n) is 16.3. The SMILES string of the molecule is CC(C)C[C@H](NC(=O)[C@@H]1CCCN1)C(=O)N[C@@H](Cc1ccc(O)cc1)C(=O)O. The van der Waals surface area contributed by atoms with Gasteiger partial charge in [0.15, 0.2) is 0 Å². The van der Waals surface area contributed by atoms with Gasteiger partial charge in [0.1, 0.15) is 17.8 Å². The van der Waals surface area contributed by atoms with Crippen molar-refractivity contribution >= 4 is 17.8 Å². The van der Waals surface area contributed by atoms with Crippen molar-refractivity contribution in [2.24, 2.45) is 5.92 Å². The maximum atomic E-state index is 12.7. The Hall–Kier alpha value is -2.61. The molecule has 8 heteroatoms. The minimum atomic E-state index is -1.16. The molecule has 0 unspecified atom stereocenters. The van der Waals surface area contributed by atoms with Crippen LogP contribution in [0.2, 0.25) is 0 Å². The van der Waals surface area contributed by atoms with Crippen molar-refractivity contribution in [2.45, 2.75) is 57.7 Å². The zero-order chi connectivity index (χ0) is 20.7. The van der Waals surface area contributed by atoms with Crippen molar-refractivity contribution in [1.82, 2.24) is 16.0 Å². The topological polar surface area (TPSA) is 128 Å². The van der Waals surface area contributed by atoms with Crippen LogP contribution in [0.15, 0.2) is 24.3 Å². The fraction of sp³-hybridized carbons (Fsp3) is 0.550. The third kappa shape index (κ3) is 6.53. The summed E-state index contributed by atoms with van der Waals surface area (Å²) in [5, 5.41) is 27.2. The number of aromatic hydroxyl groups is 1. The molecule has 0 radical (unpaired) electrons. The van der Waals surface area contributed by atoms with E-state index >= 15 is 0 Å². The maximum absolute atomic E-state index is 12.7. The molecule has 154 valence electrons. The molecule has 2 amide bonds. The van der Waals surface area contributed by atoms with Crippen molar-refractivity contribution in [2.75, 3.05) is 6.54 Å². The average molecular weight is 391 g/mol. The summed E-state index contributed by atoms with van der Waals surface area (Å²) < 4.78 is 0. The number of carbonyl (C=O) groups is 3. The van der Waals surface area contributed by atoms with Gasteiger partial charge in [-0.1, -0.05) is 26.0 Å². The highest BCUT2D eigenvalue weighted by Crippen LogP contribution is 2.13. The Labute approximate surface area is 164 Å². The van der Waals surface area contributed by atoms with Gasteiger partial charge in [0, 0.05) is 6.42 Å². The quantitative estimate of drug-likeness (QED) is 0.423. The van der Waals surface area contributed by atoms with Gasteiger partial charge in [0.2, 0.25) is 11.8 Å². The maximum Gasteiger partial charge on any atom is 0.326 e. The highest BCUT2D eigenvalue weighted by molar-refractivity contribution is 5.92. The minimum Gasteiger partial charge on any atom is -0.508 e. The van der Waals surface area contributed by atoms with Crippen LogP contribution in [0.4, 0.5) is 0 Å². The third-order valence-electron chi connectivity index (χ3n) is 4.71. The van der Waals surface area contributed by atoms with E-state index in [2.05, 4.69) is 16.0 Å². The van der Waals surface area contributed by atoms with Crippen LogP contribution in [-0.2, 0) is 20.8 Å². The fourth-order valence-electron chi connectivity index (χ4n) is 3.22. The van der Waals surface area contributed by atoms with Crippen LogP contribution in [0, 0.1) is 5.92 Å². The van der Waals surface area contributed by atoms with Gasteiger partial charge >= 0.3 is 5.97 Å². The number of phenolic OH excluding ortho intramolecular Hbond substituents is 1. The molecule has 5 N–H and O–H groups in total. The fourth-order valence-corrected chi connectivity index (χ4v) is 3.22. The van der Waals surface area contributed by atoms with Crippen LogP contribution in [0.5, 0.6) is 5.75 Å². The lowest BCUT2D eigenvalue weighted by atomic mass is 10.0. The molecule has 1 saturated heterocycles. The second-order valence-electron chi connectivity index (χ2n) is 7.61. The van der Waals surface area contributed by atoms with Crippen molar-refractivity contribution in [1.29, 1.82) is 0 Å². The van der Waals surface area contributed by atoms with Crippen LogP contribution in [-0.4, -0.2) is 52.7 Å². The lowest BCUT2D eigenvalue weighted by molar-refractivity contribution is -0.142. The predicted octanol–water partition coefficient (Wildman–Crippen LogP) is 0.787. The molecule has 1 heterocycles. The van der Waals surface area contributed by atoms with E-state index in [-0.39, 0.29) is 30.0 Å². The van der Waals surface area contributed by atoms with E-state index in [0.717, 1.165) is 19.4 Å². The van der Waals surface area contributed by atoms with Crippen LogP contribution in [0.1, 0.15) is 38.7 Å². The van der Waals surface area contributed by atoms with Crippen LogP contribution < -0.4 is 16.0 Å². The van der Waals surface area contributed by atoms with Crippen molar-refractivity contribution in [3.8, 4) is 5.75 Å². The van der Waals surface area contributed by atoms with Gasteiger partial charge in [-0.25, -0.2) is 4.79 Å². The van der Waals surface area contributed by atoms with E-state index in [4.69, 9.17) is 0 Å². The zero-order valence-corrected chi connectivity index (χ0v) is 16.3. The van der Waals surface area contributed by atoms with Crippen LogP contribution in [0.3, 0.4) is 0 Å². The molecular formula is C20H29N3O5. The first-order valence-corrected chi connectivity index (χ1v) is 9.61. The number of hydrogen-bond donors (Lipinski definition) is 5. The lowest BCUT2D eigenvalue weighted by Crippen LogP contribution is -2.55. The van der Waals surface area contributed by atoms with E-state index < -0.39 is 24.0 Å². The summed E-state index contributed by atoms with van der Waals surface area (Å²) in [6.45, 7) is 4.64. The highest BCUT2D eigenvalue weighted by atomic mass is 16.4. The molecule has 0 aliphatic carbocycles. The Morgan fingerprint density at radius 2 is 1.82 bits per heavy atom. The number of phenols is 1. The van der Waals surface area contributed by atoms with Gasteiger partial charge in [0.05, 0.1) is 6.04 Å². The van der Waals surface area contributed by atoms with Crippen LogP contribution >= 0.6 is 0 Å². The molecule has 8 nitrogen and oxygen atoms in total. The highest BCUT2D eigenvalue weighted by Gasteiger charge is 2.30. The second kappa shape index (κ2) is 10.1. The molecule has 1 aromatic carbocycles. The van der Waals surface area contributed by atoms with Gasteiger partial charge < -0.3 is 26.2 Å². The number of carbonyl (C=O) groups excluding carboxylic acids is 2. The first-order chi connectivity index (χ1) is 13.3. The first kappa shape index (κ1) is 21.7. The summed E-state index contributed by atoms with van der Waals surface area (Å²) in [6, 6.07) is 3.91. The molecule has 0 bridgehead atoms. The molecule has 0 spiro atoms. The van der Waals surface area contributed by atoms with Gasteiger partial charge in [0.25, 0.3) is 0 Å². The predicted molar refractivity (Wildman–Crippen MR) is 104 cm³/mol. The lowest BCUT2D eigenvalue weighted by Gasteiger charge is -2.24. The summed E-state index contributed by atoms with van der Waals surface area (Å²) in [4.78, 5) is 36.8. The average Bonchev–Trinajstić information content (AvgIpc) is 3.16. The second-order valence-corrected chi connectivity index (χ2v) is 7.61. The smallest absolute Gasteiger partial charge is 0.326 e.